The molecule has 0 aliphatic carbocycles. The first-order valence-corrected chi connectivity index (χ1v) is 5.54. The van der Waals surface area contributed by atoms with Gasteiger partial charge in [-0.2, -0.15) is 0 Å². The lowest BCUT2D eigenvalue weighted by molar-refractivity contribution is -0.168. The van der Waals surface area contributed by atoms with E-state index < -0.39 is 42.3 Å². The van der Waals surface area contributed by atoms with Gasteiger partial charge in [-0.25, -0.2) is 4.79 Å². The molecule has 5 N–H and O–H groups in total. The van der Waals surface area contributed by atoms with Crippen molar-refractivity contribution < 1.29 is 14.9 Å². The van der Waals surface area contributed by atoms with E-state index in [1.54, 1.807) is 0 Å². The normalized spacial score (nSPS) is 32.4. The molecule has 1 aromatic rings. The van der Waals surface area contributed by atoms with E-state index in [2.05, 4.69) is 4.98 Å². The number of aromatic nitrogens is 2. The van der Waals surface area contributed by atoms with Gasteiger partial charge in [0.05, 0.1) is 12.7 Å². The van der Waals surface area contributed by atoms with Crippen LogP contribution in [-0.4, -0.2) is 44.6 Å². The molecule has 1 aromatic heterocycles. The Hall–Kier alpha value is -1.48. The smallest absolute Gasteiger partial charge is 0.330 e. The van der Waals surface area contributed by atoms with Crippen LogP contribution in [0.15, 0.2) is 21.9 Å². The van der Waals surface area contributed by atoms with Crippen LogP contribution in [0.25, 0.3) is 0 Å². The highest BCUT2D eigenvalue weighted by molar-refractivity contribution is 4.90. The zero-order valence-electron chi connectivity index (χ0n) is 9.52. The van der Waals surface area contributed by atoms with Crippen molar-refractivity contribution >= 4 is 0 Å². The van der Waals surface area contributed by atoms with Crippen LogP contribution in [0.5, 0.6) is 0 Å². The second-order valence-electron chi connectivity index (χ2n) is 4.22. The number of nitrogens with zero attached hydrogens (tertiary/aromatic N) is 1. The summed E-state index contributed by atoms with van der Waals surface area (Å²) in [4.78, 5) is 24.6. The van der Waals surface area contributed by atoms with E-state index in [4.69, 9.17) is 15.6 Å². The standard InChI is InChI=1S/C10H15N3O5/c11-5-3-8(18-6(4-14)9(5)16)13-2-1-7(15)12-10(13)17/h1-2,5-6,8-9,14,16H,3-4,11H2,(H,12,15,17)/t5-,6+,8+,9+/m0/s1. The second kappa shape index (κ2) is 5.02. The molecule has 0 saturated carbocycles. The highest BCUT2D eigenvalue weighted by atomic mass is 16.5. The first kappa shape index (κ1) is 13.0. The van der Waals surface area contributed by atoms with Gasteiger partial charge in [0.2, 0.25) is 0 Å². The lowest BCUT2D eigenvalue weighted by atomic mass is 9.99. The van der Waals surface area contributed by atoms with E-state index >= 15 is 0 Å². The predicted molar refractivity (Wildman–Crippen MR) is 60.9 cm³/mol. The number of aliphatic hydroxyl groups excluding tert-OH is 2. The van der Waals surface area contributed by atoms with E-state index in [-0.39, 0.29) is 6.42 Å². The Morgan fingerprint density at radius 3 is 2.89 bits per heavy atom. The fourth-order valence-corrected chi connectivity index (χ4v) is 1.97. The van der Waals surface area contributed by atoms with Gasteiger partial charge in [0.1, 0.15) is 12.3 Å². The largest absolute Gasteiger partial charge is 0.394 e. The molecule has 8 heteroatoms. The molecular weight excluding hydrogens is 242 g/mol. The Morgan fingerprint density at radius 2 is 2.28 bits per heavy atom. The van der Waals surface area contributed by atoms with Crippen LogP contribution in [0.3, 0.4) is 0 Å². The van der Waals surface area contributed by atoms with Crippen molar-refractivity contribution in [2.75, 3.05) is 6.61 Å². The van der Waals surface area contributed by atoms with Crippen molar-refractivity contribution in [3.8, 4) is 0 Å². The summed E-state index contributed by atoms with van der Waals surface area (Å²) in [5.41, 5.74) is 4.60. The summed E-state index contributed by atoms with van der Waals surface area (Å²) in [5.74, 6) is 0. The van der Waals surface area contributed by atoms with Crippen LogP contribution < -0.4 is 17.0 Å². The highest BCUT2D eigenvalue weighted by Gasteiger charge is 2.36. The average molecular weight is 257 g/mol. The molecule has 4 atom stereocenters. The summed E-state index contributed by atoms with van der Waals surface area (Å²) < 4.78 is 6.56. The molecule has 1 fully saturated rings. The molecule has 0 unspecified atom stereocenters. The number of ether oxygens (including phenoxy) is 1. The third-order valence-electron chi connectivity index (χ3n) is 2.97. The maximum absolute atomic E-state index is 11.6. The van der Waals surface area contributed by atoms with Gasteiger partial charge in [0, 0.05) is 24.7 Å². The number of nitrogens with one attached hydrogen (secondary N) is 1. The van der Waals surface area contributed by atoms with Gasteiger partial charge in [-0.05, 0) is 0 Å². The Bertz CT molecular complexity index is 525. The minimum Gasteiger partial charge on any atom is -0.394 e. The van der Waals surface area contributed by atoms with Crippen molar-refractivity contribution in [2.24, 2.45) is 5.73 Å². The van der Waals surface area contributed by atoms with Crippen LogP contribution in [0.2, 0.25) is 0 Å². The van der Waals surface area contributed by atoms with E-state index in [0.717, 1.165) is 0 Å². The van der Waals surface area contributed by atoms with E-state index in [9.17, 15) is 14.7 Å². The number of hydrogen-bond acceptors (Lipinski definition) is 6. The third-order valence-corrected chi connectivity index (χ3v) is 2.97. The van der Waals surface area contributed by atoms with Crippen molar-refractivity contribution in [1.29, 1.82) is 0 Å². The number of rotatable bonds is 2. The van der Waals surface area contributed by atoms with Crippen molar-refractivity contribution in [2.45, 2.75) is 30.9 Å². The summed E-state index contributed by atoms with van der Waals surface area (Å²) in [5, 5.41) is 18.7. The Labute approximate surface area is 102 Å². The molecule has 2 heterocycles. The second-order valence-corrected chi connectivity index (χ2v) is 4.22. The van der Waals surface area contributed by atoms with Gasteiger partial charge >= 0.3 is 5.69 Å². The van der Waals surface area contributed by atoms with Crippen LogP contribution >= 0.6 is 0 Å². The monoisotopic (exact) mass is 257 g/mol. The van der Waals surface area contributed by atoms with Gasteiger partial charge in [-0.1, -0.05) is 0 Å². The molecule has 18 heavy (non-hydrogen) atoms. The van der Waals surface area contributed by atoms with E-state index in [1.807, 2.05) is 0 Å². The first-order chi connectivity index (χ1) is 8.52. The number of hydrogen-bond donors (Lipinski definition) is 4. The molecule has 1 aliphatic heterocycles. The van der Waals surface area contributed by atoms with Crippen molar-refractivity contribution in [1.82, 2.24) is 9.55 Å². The van der Waals surface area contributed by atoms with E-state index in [0.29, 0.717) is 0 Å². The minimum absolute atomic E-state index is 0.212. The van der Waals surface area contributed by atoms with Crippen molar-refractivity contribution in [3.05, 3.63) is 33.1 Å². The fourth-order valence-electron chi connectivity index (χ4n) is 1.97. The summed E-state index contributed by atoms with van der Waals surface area (Å²) in [6, 6.07) is 0.578. The summed E-state index contributed by atoms with van der Waals surface area (Å²) in [7, 11) is 0. The molecule has 1 aliphatic rings. The summed E-state index contributed by atoms with van der Waals surface area (Å²) in [6.07, 6.45) is -1.04. The molecule has 0 bridgehead atoms. The zero-order chi connectivity index (χ0) is 13.3. The van der Waals surface area contributed by atoms with Gasteiger partial charge in [0.15, 0.2) is 0 Å². The summed E-state index contributed by atoms with van der Waals surface area (Å²) in [6.45, 7) is -0.399. The lowest BCUT2D eigenvalue weighted by Gasteiger charge is -2.37. The average Bonchev–Trinajstić information content (AvgIpc) is 2.32. The number of H-pyrrole nitrogens is 1. The van der Waals surface area contributed by atoms with Gasteiger partial charge < -0.3 is 20.7 Å². The maximum atomic E-state index is 11.6. The lowest BCUT2D eigenvalue weighted by Crippen LogP contribution is -2.53. The molecule has 8 nitrogen and oxygen atoms in total. The minimum atomic E-state index is -0.982. The maximum Gasteiger partial charge on any atom is 0.330 e. The van der Waals surface area contributed by atoms with Crippen LogP contribution in [0.4, 0.5) is 0 Å². The summed E-state index contributed by atoms with van der Waals surface area (Å²) >= 11 is 0. The van der Waals surface area contributed by atoms with Gasteiger partial charge in [-0.3, -0.25) is 14.3 Å². The zero-order valence-corrected chi connectivity index (χ0v) is 9.52. The SMILES string of the molecule is N[C@H]1C[C@H](n2ccc(=O)[nH]c2=O)O[C@H](CO)[C@@H]1O. The molecule has 1 saturated heterocycles. The molecular formula is C10H15N3O5. The highest BCUT2D eigenvalue weighted by Crippen LogP contribution is 2.25. The number of aliphatic hydroxyl groups is 2. The Balaban J connectivity index is 2.28. The van der Waals surface area contributed by atoms with Crippen LogP contribution in [-0.2, 0) is 4.74 Å². The van der Waals surface area contributed by atoms with E-state index in [1.165, 1.54) is 16.8 Å². The molecule has 0 amide bonds. The molecule has 2 rings (SSSR count). The molecule has 0 radical (unpaired) electrons. The van der Waals surface area contributed by atoms with Crippen LogP contribution in [0, 0.1) is 0 Å². The quantitative estimate of drug-likeness (QED) is 0.463. The third kappa shape index (κ3) is 2.36. The predicted octanol–water partition coefficient (Wildman–Crippen LogP) is -2.50. The Kier molecular flexibility index (Phi) is 3.62. The molecule has 0 spiro atoms. The van der Waals surface area contributed by atoms with Crippen LogP contribution in [0.1, 0.15) is 12.6 Å². The van der Waals surface area contributed by atoms with Gasteiger partial charge in [-0.15, -0.1) is 0 Å². The van der Waals surface area contributed by atoms with Gasteiger partial charge in [0.25, 0.3) is 5.56 Å². The first-order valence-electron chi connectivity index (χ1n) is 5.54. The Morgan fingerprint density at radius 1 is 1.56 bits per heavy atom. The topological polar surface area (TPSA) is 131 Å². The number of nitrogens with two attached hydrogens (primary N) is 1. The number of aromatic amines is 1. The molecule has 100 valence electrons. The fraction of sp³-hybridized carbons (Fsp3) is 0.600. The molecule has 0 aromatic carbocycles. The van der Waals surface area contributed by atoms with Crippen molar-refractivity contribution in [3.63, 3.8) is 0 Å².